The summed E-state index contributed by atoms with van der Waals surface area (Å²) in [6.07, 6.45) is 3.43. The quantitative estimate of drug-likeness (QED) is 0.571. The minimum absolute atomic E-state index is 0.202. The largest absolute Gasteiger partial charge is 0.444 e. The van der Waals surface area contributed by atoms with E-state index >= 15 is 0 Å². The van der Waals surface area contributed by atoms with Crippen LogP contribution in [-0.4, -0.2) is 17.1 Å². The van der Waals surface area contributed by atoms with Gasteiger partial charge in [0.2, 0.25) is 0 Å². The van der Waals surface area contributed by atoms with Crippen LogP contribution in [0.15, 0.2) is 56.8 Å². The Kier molecular flexibility index (Phi) is 3.39. The fourth-order valence-corrected chi connectivity index (χ4v) is 2.16. The second-order valence-corrected chi connectivity index (χ2v) is 4.87. The van der Waals surface area contributed by atoms with Gasteiger partial charge < -0.3 is 9.40 Å². The number of benzene rings is 1. The molecule has 0 atom stereocenters. The first-order chi connectivity index (χ1) is 9.74. The lowest BCUT2D eigenvalue weighted by Crippen LogP contribution is -2.16. The fourth-order valence-electron chi connectivity index (χ4n) is 1.85. The number of fused-ring (bicyclic) bond motifs is 1. The summed E-state index contributed by atoms with van der Waals surface area (Å²) < 4.78 is 5.63. The van der Waals surface area contributed by atoms with Gasteiger partial charge in [0.1, 0.15) is 0 Å². The van der Waals surface area contributed by atoms with Gasteiger partial charge in [-0.3, -0.25) is 4.79 Å². The lowest BCUT2D eigenvalue weighted by Gasteiger charge is -1.95. The summed E-state index contributed by atoms with van der Waals surface area (Å²) in [5.41, 5.74) is 4.34. The smallest absolute Gasteiger partial charge is 0.307 e. The van der Waals surface area contributed by atoms with E-state index in [0.717, 1.165) is 16.5 Å². The van der Waals surface area contributed by atoms with E-state index in [-0.39, 0.29) is 5.76 Å². The second-order valence-electron chi connectivity index (χ2n) is 4.09. The molecule has 0 saturated heterocycles. The molecule has 1 amide bonds. The third-order valence-corrected chi connectivity index (χ3v) is 3.21. The van der Waals surface area contributed by atoms with Crippen LogP contribution in [0.5, 0.6) is 0 Å². The Hall–Kier alpha value is -2.34. The number of hydrogen-bond donors (Lipinski definition) is 2. The molecule has 0 fully saturated rings. The monoisotopic (exact) mass is 331 g/mol. The van der Waals surface area contributed by atoms with Crippen LogP contribution >= 0.6 is 15.9 Å². The van der Waals surface area contributed by atoms with Crippen LogP contribution in [0.2, 0.25) is 0 Å². The maximum atomic E-state index is 11.7. The number of aromatic amines is 1. The molecule has 0 aliphatic heterocycles. The number of nitrogens with one attached hydrogen (secondary N) is 2. The molecular weight excluding hydrogens is 322 g/mol. The Morgan fingerprint density at radius 1 is 1.30 bits per heavy atom. The molecule has 0 aliphatic rings. The van der Waals surface area contributed by atoms with Gasteiger partial charge in [-0.2, -0.15) is 5.10 Å². The van der Waals surface area contributed by atoms with E-state index in [1.807, 2.05) is 30.5 Å². The van der Waals surface area contributed by atoms with Gasteiger partial charge in [0, 0.05) is 22.7 Å². The molecule has 0 unspecified atom stereocenters. The fraction of sp³-hybridized carbons (Fsp3) is 0. The number of furan rings is 1. The summed E-state index contributed by atoms with van der Waals surface area (Å²) in [5, 5.41) is 4.98. The molecule has 1 aromatic carbocycles. The van der Waals surface area contributed by atoms with Crippen molar-refractivity contribution in [3.63, 3.8) is 0 Å². The average molecular weight is 332 g/mol. The first-order valence-electron chi connectivity index (χ1n) is 5.89. The highest BCUT2D eigenvalue weighted by Crippen LogP contribution is 2.16. The van der Waals surface area contributed by atoms with Crippen LogP contribution in [0.25, 0.3) is 10.9 Å². The predicted octanol–water partition coefficient (Wildman–Crippen LogP) is 3.29. The predicted molar refractivity (Wildman–Crippen MR) is 79.8 cm³/mol. The van der Waals surface area contributed by atoms with Crippen molar-refractivity contribution in [3.8, 4) is 0 Å². The molecule has 0 bridgehead atoms. The molecule has 2 N–H and O–H groups in total. The zero-order chi connectivity index (χ0) is 13.9. The molecule has 5 nitrogen and oxygen atoms in total. The maximum Gasteiger partial charge on any atom is 0.307 e. The number of hydrogen-bond acceptors (Lipinski definition) is 3. The van der Waals surface area contributed by atoms with Gasteiger partial charge in [-0.05, 0) is 34.1 Å². The molecule has 0 saturated carbocycles. The molecular formula is C14H10BrN3O2. The average Bonchev–Trinajstić information content (AvgIpc) is 3.06. The van der Waals surface area contributed by atoms with Gasteiger partial charge in [0.25, 0.3) is 0 Å². The van der Waals surface area contributed by atoms with Gasteiger partial charge in [0.15, 0.2) is 10.4 Å². The Labute approximate surface area is 122 Å². The van der Waals surface area contributed by atoms with Crippen molar-refractivity contribution in [1.82, 2.24) is 10.4 Å². The van der Waals surface area contributed by atoms with Crippen molar-refractivity contribution in [3.05, 3.63) is 58.6 Å². The van der Waals surface area contributed by atoms with Crippen LogP contribution in [0.4, 0.5) is 0 Å². The van der Waals surface area contributed by atoms with E-state index in [4.69, 9.17) is 4.42 Å². The first kappa shape index (κ1) is 12.7. The number of aromatic nitrogens is 1. The van der Waals surface area contributed by atoms with Gasteiger partial charge in [-0.15, -0.1) is 0 Å². The molecule has 6 heteroatoms. The van der Waals surface area contributed by atoms with Crippen LogP contribution in [-0.2, 0) is 0 Å². The van der Waals surface area contributed by atoms with Crippen LogP contribution in [0.1, 0.15) is 16.1 Å². The van der Waals surface area contributed by atoms with Gasteiger partial charge >= 0.3 is 5.91 Å². The second kappa shape index (κ2) is 5.34. The summed E-state index contributed by atoms with van der Waals surface area (Å²) in [6, 6.07) is 11.1. The highest BCUT2D eigenvalue weighted by Gasteiger charge is 2.08. The van der Waals surface area contributed by atoms with Crippen molar-refractivity contribution in [2.24, 2.45) is 5.10 Å². The van der Waals surface area contributed by atoms with E-state index in [1.54, 1.807) is 18.3 Å². The van der Waals surface area contributed by atoms with Crippen LogP contribution < -0.4 is 5.43 Å². The number of halogens is 1. The minimum atomic E-state index is -0.396. The van der Waals surface area contributed by atoms with Crippen LogP contribution in [0.3, 0.4) is 0 Å². The number of nitrogens with zero attached hydrogens (tertiary/aromatic N) is 1. The lowest BCUT2D eigenvalue weighted by molar-refractivity contribution is 0.0926. The molecule has 2 heterocycles. The normalized spacial score (nSPS) is 11.2. The Morgan fingerprint density at radius 2 is 2.15 bits per heavy atom. The molecule has 3 rings (SSSR count). The zero-order valence-electron chi connectivity index (χ0n) is 10.3. The molecule has 100 valence electrons. The molecule has 20 heavy (non-hydrogen) atoms. The maximum absolute atomic E-state index is 11.7. The molecule has 0 aliphatic carbocycles. The zero-order valence-corrected chi connectivity index (χ0v) is 11.8. The van der Waals surface area contributed by atoms with Gasteiger partial charge in [-0.1, -0.05) is 18.2 Å². The number of carbonyl (C=O) groups is 1. The number of para-hydroxylation sites is 1. The van der Waals surface area contributed by atoms with E-state index in [1.165, 1.54) is 0 Å². The number of H-pyrrole nitrogens is 1. The third kappa shape index (κ3) is 2.50. The van der Waals surface area contributed by atoms with Crippen molar-refractivity contribution in [1.29, 1.82) is 0 Å². The Bertz CT molecular complexity index is 788. The first-order valence-corrected chi connectivity index (χ1v) is 6.68. The van der Waals surface area contributed by atoms with Crippen molar-refractivity contribution >= 4 is 39.0 Å². The van der Waals surface area contributed by atoms with E-state index < -0.39 is 5.91 Å². The van der Waals surface area contributed by atoms with Gasteiger partial charge in [0.05, 0.1) is 6.21 Å². The molecule has 3 aromatic rings. The highest BCUT2D eigenvalue weighted by atomic mass is 79.9. The summed E-state index contributed by atoms with van der Waals surface area (Å²) in [6.45, 7) is 0. The summed E-state index contributed by atoms with van der Waals surface area (Å²) >= 11 is 3.14. The summed E-state index contributed by atoms with van der Waals surface area (Å²) in [4.78, 5) is 14.8. The standard InChI is InChI=1S/C14H10BrN3O2/c15-13-6-5-12(20-13)14(19)18-17-8-9-7-16-11-4-2-1-3-10(9)11/h1-8,16H,(H,18,19)/b17-8+. The van der Waals surface area contributed by atoms with Crippen molar-refractivity contribution in [2.45, 2.75) is 0 Å². The minimum Gasteiger partial charge on any atom is -0.444 e. The van der Waals surface area contributed by atoms with E-state index in [0.29, 0.717) is 4.67 Å². The molecule has 2 aromatic heterocycles. The van der Waals surface area contributed by atoms with Crippen molar-refractivity contribution in [2.75, 3.05) is 0 Å². The molecule has 0 radical (unpaired) electrons. The highest BCUT2D eigenvalue weighted by molar-refractivity contribution is 9.10. The summed E-state index contributed by atoms with van der Waals surface area (Å²) in [7, 11) is 0. The molecule has 0 spiro atoms. The lowest BCUT2D eigenvalue weighted by atomic mass is 10.2. The van der Waals surface area contributed by atoms with Gasteiger partial charge in [-0.25, -0.2) is 5.43 Å². The third-order valence-electron chi connectivity index (χ3n) is 2.79. The number of rotatable bonds is 3. The SMILES string of the molecule is O=C(N/N=C/c1c[nH]c2ccccc12)c1ccc(Br)o1. The summed E-state index contributed by atoms with van der Waals surface area (Å²) in [5.74, 6) is -0.195. The van der Waals surface area contributed by atoms with E-state index in [2.05, 4.69) is 31.4 Å². The van der Waals surface area contributed by atoms with E-state index in [9.17, 15) is 4.79 Å². The topological polar surface area (TPSA) is 70.4 Å². The number of carbonyl (C=O) groups excluding carboxylic acids is 1. The Morgan fingerprint density at radius 3 is 2.95 bits per heavy atom. The number of amides is 1. The number of hydrazone groups is 1. The Balaban J connectivity index is 1.73. The van der Waals surface area contributed by atoms with Crippen LogP contribution in [0, 0.1) is 0 Å². The van der Waals surface area contributed by atoms with Crippen molar-refractivity contribution < 1.29 is 9.21 Å².